The van der Waals surface area contributed by atoms with Gasteiger partial charge in [0.2, 0.25) is 0 Å². The van der Waals surface area contributed by atoms with Gasteiger partial charge in [0.05, 0.1) is 11.0 Å². The van der Waals surface area contributed by atoms with Crippen molar-refractivity contribution in [1.82, 2.24) is 19.4 Å². The average molecular weight is 345 g/mol. The minimum atomic E-state index is 0.0341. The van der Waals surface area contributed by atoms with Crippen LogP contribution >= 0.6 is 0 Å². The fourth-order valence-corrected chi connectivity index (χ4v) is 3.99. The summed E-state index contributed by atoms with van der Waals surface area (Å²) < 4.78 is 3.44. The van der Waals surface area contributed by atoms with Crippen molar-refractivity contribution in [3.63, 3.8) is 0 Å². The molecule has 0 spiro atoms. The highest BCUT2D eigenvalue weighted by atomic mass is 16.1. The molecule has 25 heavy (non-hydrogen) atoms. The van der Waals surface area contributed by atoms with E-state index in [1.54, 1.807) is 9.13 Å². The maximum Gasteiger partial charge on any atom is 0.328 e. The summed E-state index contributed by atoms with van der Waals surface area (Å²) in [6, 6.07) is 6.86. The van der Waals surface area contributed by atoms with Crippen molar-refractivity contribution in [1.29, 1.82) is 0 Å². The van der Waals surface area contributed by atoms with E-state index in [1.165, 1.54) is 37.9 Å². The minimum Gasteiger partial charge on any atom is -0.309 e. The topological polar surface area (TPSA) is 42.2 Å². The summed E-state index contributed by atoms with van der Waals surface area (Å²) in [5.41, 5.74) is 3.27. The van der Waals surface area contributed by atoms with Crippen LogP contribution in [0.2, 0.25) is 0 Å². The molecule has 1 N–H and O–H groups in total. The largest absolute Gasteiger partial charge is 0.328 e. The monoisotopic (exact) mass is 344 g/mol. The van der Waals surface area contributed by atoms with Gasteiger partial charge in [-0.15, -0.1) is 0 Å². The van der Waals surface area contributed by atoms with Gasteiger partial charge in [-0.2, -0.15) is 0 Å². The molecule has 5 heteroatoms. The normalized spacial score (nSPS) is 17.0. The summed E-state index contributed by atoms with van der Waals surface area (Å²) in [6.45, 7) is 9.08. The standard InChI is InChI=1S/C20H32N4O/c1-15(2)11-17(14-24-9-5-6-10-24)21-13-16-7-8-18-19(12-16)23(4)20(25)22(18)3/h7-8,12,15,17,21H,5-6,9-11,13-14H2,1-4H3/t17-/m0/s1. The van der Waals surface area contributed by atoms with Crippen molar-refractivity contribution in [2.75, 3.05) is 19.6 Å². The molecule has 5 nitrogen and oxygen atoms in total. The minimum absolute atomic E-state index is 0.0341. The van der Waals surface area contributed by atoms with Gasteiger partial charge < -0.3 is 10.2 Å². The third-order valence-corrected chi connectivity index (χ3v) is 5.36. The summed E-state index contributed by atoms with van der Waals surface area (Å²) in [7, 11) is 3.67. The number of likely N-dealkylation sites (tertiary alicyclic amines) is 1. The fourth-order valence-electron chi connectivity index (χ4n) is 3.99. The van der Waals surface area contributed by atoms with Gasteiger partial charge in [0.25, 0.3) is 0 Å². The zero-order valence-electron chi connectivity index (χ0n) is 16.1. The Morgan fingerprint density at radius 1 is 1.08 bits per heavy atom. The quantitative estimate of drug-likeness (QED) is 0.839. The molecule has 1 aliphatic rings. The van der Waals surface area contributed by atoms with E-state index < -0.39 is 0 Å². The van der Waals surface area contributed by atoms with Crippen LogP contribution in [0, 0.1) is 5.92 Å². The Morgan fingerprint density at radius 2 is 1.76 bits per heavy atom. The summed E-state index contributed by atoms with van der Waals surface area (Å²) in [6.07, 6.45) is 3.88. The molecule has 138 valence electrons. The predicted molar refractivity (Wildman–Crippen MR) is 104 cm³/mol. The number of aromatic nitrogens is 2. The molecule has 0 bridgehead atoms. The van der Waals surface area contributed by atoms with Crippen molar-refractivity contribution in [2.24, 2.45) is 20.0 Å². The SMILES string of the molecule is CC(C)C[C@@H](CN1CCCC1)NCc1ccc2c(c1)n(C)c(=O)n2C. The van der Waals surface area contributed by atoms with Crippen molar-refractivity contribution >= 4 is 11.0 Å². The first-order valence-corrected chi connectivity index (χ1v) is 9.55. The van der Waals surface area contributed by atoms with Crippen LogP contribution in [0.4, 0.5) is 0 Å². The second-order valence-corrected chi connectivity index (χ2v) is 7.94. The number of nitrogens with zero attached hydrogens (tertiary/aromatic N) is 3. The lowest BCUT2D eigenvalue weighted by Gasteiger charge is -2.26. The van der Waals surface area contributed by atoms with E-state index in [0.717, 1.165) is 24.1 Å². The molecule has 1 aliphatic heterocycles. The molecule has 1 saturated heterocycles. The van der Waals surface area contributed by atoms with Crippen LogP contribution in [-0.4, -0.2) is 39.7 Å². The Balaban J connectivity index is 1.70. The van der Waals surface area contributed by atoms with Crippen molar-refractivity contribution in [2.45, 2.75) is 45.7 Å². The molecule has 0 aliphatic carbocycles. The smallest absolute Gasteiger partial charge is 0.309 e. The molecule has 1 fully saturated rings. The first-order chi connectivity index (χ1) is 12.0. The van der Waals surface area contributed by atoms with Crippen LogP contribution in [0.5, 0.6) is 0 Å². The molecule has 0 amide bonds. The van der Waals surface area contributed by atoms with E-state index in [4.69, 9.17) is 0 Å². The third-order valence-electron chi connectivity index (χ3n) is 5.36. The van der Waals surface area contributed by atoms with Crippen LogP contribution < -0.4 is 11.0 Å². The number of fused-ring (bicyclic) bond motifs is 1. The Morgan fingerprint density at radius 3 is 2.44 bits per heavy atom. The Kier molecular flexibility index (Phi) is 5.64. The van der Waals surface area contributed by atoms with Gasteiger partial charge in [-0.05, 0) is 56.0 Å². The number of rotatable bonds is 7. The molecule has 2 heterocycles. The lowest BCUT2D eigenvalue weighted by atomic mass is 10.0. The molecule has 3 rings (SSSR count). The molecule has 1 aromatic carbocycles. The lowest BCUT2D eigenvalue weighted by molar-refractivity contribution is 0.268. The predicted octanol–water partition coefficient (Wildman–Crippen LogP) is 2.48. The van der Waals surface area contributed by atoms with E-state index in [0.29, 0.717) is 12.0 Å². The van der Waals surface area contributed by atoms with Crippen LogP contribution in [0.3, 0.4) is 0 Å². The molecule has 1 aromatic heterocycles. The van der Waals surface area contributed by atoms with Crippen LogP contribution in [0.15, 0.2) is 23.0 Å². The summed E-state index contributed by atoms with van der Waals surface area (Å²) in [5, 5.41) is 3.76. The first kappa shape index (κ1) is 18.2. The molecular weight excluding hydrogens is 312 g/mol. The fraction of sp³-hybridized carbons (Fsp3) is 0.650. The summed E-state index contributed by atoms with van der Waals surface area (Å²) >= 11 is 0. The van der Waals surface area contributed by atoms with Gasteiger partial charge in [0.1, 0.15) is 0 Å². The van der Waals surface area contributed by atoms with E-state index >= 15 is 0 Å². The maximum atomic E-state index is 12.1. The van der Waals surface area contributed by atoms with Gasteiger partial charge in [0, 0.05) is 33.2 Å². The van der Waals surface area contributed by atoms with Gasteiger partial charge in [0.15, 0.2) is 0 Å². The summed E-state index contributed by atoms with van der Waals surface area (Å²) in [4.78, 5) is 14.7. The van der Waals surface area contributed by atoms with E-state index in [-0.39, 0.29) is 5.69 Å². The highest BCUT2D eigenvalue weighted by Crippen LogP contribution is 2.16. The van der Waals surface area contributed by atoms with Gasteiger partial charge in [-0.3, -0.25) is 9.13 Å². The molecule has 2 aromatic rings. The molecule has 0 unspecified atom stereocenters. The number of hydrogen-bond acceptors (Lipinski definition) is 3. The third kappa shape index (κ3) is 4.15. The number of hydrogen-bond donors (Lipinski definition) is 1. The van der Waals surface area contributed by atoms with Crippen molar-refractivity contribution < 1.29 is 0 Å². The van der Waals surface area contributed by atoms with Crippen molar-refractivity contribution in [3.05, 3.63) is 34.2 Å². The molecule has 0 radical (unpaired) electrons. The number of aryl methyl sites for hydroxylation is 2. The highest BCUT2D eigenvalue weighted by molar-refractivity contribution is 5.76. The van der Waals surface area contributed by atoms with Crippen LogP contribution in [0.25, 0.3) is 11.0 Å². The average Bonchev–Trinajstić information content (AvgIpc) is 3.16. The van der Waals surface area contributed by atoms with Crippen LogP contribution in [0.1, 0.15) is 38.7 Å². The lowest BCUT2D eigenvalue weighted by Crippen LogP contribution is -2.40. The van der Waals surface area contributed by atoms with Crippen LogP contribution in [-0.2, 0) is 20.6 Å². The van der Waals surface area contributed by atoms with Gasteiger partial charge in [-0.25, -0.2) is 4.79 Å². The number of benzene rings is 1. The molecule has 0 saturated carbocycles. The van der Waals surface area contributed by atoms with Gasteiger partial charge >= 0.3 is 5.69 Å². The highest BCUT2D eigenvalue weighted by Gasteiger charge is 2.18. The Hall–Kier alpha value is -1.59. The second kappa shape index (κ2) is 7.75. The summed E-state index contributed by atoms with van der Waals surface area (Å²) in [5.74, 6) is 0.692. The van der Waals surface area contributed by atoms with E-state index in [2.05, 4.69) is 42.3 Å². The first-order valence-electron chi connectivity index (χ1n) is 9.55. The Bertz CT molecular complexity index is 768. The second-order valence-electron chi connectivity index (χ2n) is 7.94. The van der Waals surface area contributed by atoms with Gasteiger partial charge in [-0.1, -0.05) is 19.9 Å². The zero-order valence-corrected chi connectivity index (χ0v) is 16.1. The number of nitrogens with one attached hydrogen (secondary N) is 1. The van der Waals surface area contributed by atoms with E-state index in [9.17, 15) is 4.79 Å². The maximum absolute atomic E-state index is 12.1. The zero-order chi connectivity index (χ0) is 18.0. The molecule has 1 atom stereocenters. The molecular formula is C20H32N4O. The van der Waals surface area contributed by atoms with E-state index in [1.807, 2.05) is 14.1 Å². The Labute approximate surface area is 150 Å². The number of imidazole rings is 1. The van der Waals surface area contributed by atoms with Crippen molar-refractivity contribution in [3.8, 4) is 0 Å².